The maximum Gasteiger partial charge on any atom is 0.312 e. The van der Waals surface area contributed by atoms with Crippen LogP contribution in [0.2, 0.25) is 0 Å². The van der Waals surface area contributed by atoms with Crippen LogP contribution < -0.4 is 4.74 Å². The SMILES string of the molecule is CCOC(=O)C1(Cc2cccc(OC)c2)CCN(C/C(C)=C/c2ccco2)CC1. The third-order valence-corrected chi connectivity index (χ3v) is 5.60. The summed E-state index contributed by atoms with van der Waals surface area (Å²) in [5, 5.41) is 0. The third kappa shape index (κ3) is 5.51. The van der Waals surface area contributed by atoms with Gasteiger partial charge in [0.1, 0.15) is 11.5 Å². The Morgan fingerprint density at radius 3 is 2.69 bits per heavy atom. The predicted octanol–water partition coefficient (Wildman–Crippen LogP) is 4.58. The molecule has 1 fully saturated rings. The van der Waals surface area contributed by atoms with Crippen molar-refractivity contribution < 1.29 is 18.7 Å². The molecule has 2 heterocycles. The molecule has 2 aromatic rings. The van der Waals surface area contributed by atoms with Gasteiger partial charge in [0.25, 0.3) is 0 Å². The summed E-state index contributed by atoms with van der Waals surface area (Å²) in [6, 6.07) is 11.8. The smallest absolute Gasteiger partial charge is 0.312 e. The largest absolute Gasteiger partial charge is 0.497 e. The fourth-order valence-electron chi connectivity index (χ4n) is 4.06. The lowest BCUT2D eigenvalue weighted by Gasteiger charge is -2.40. The molecular weight excluding hydrogens is 366 g/mol. The lowest BCUT2D eigenvalue weighted by Crippen LogP contribution is -2.46. The number of furan rings is 1. The van der Waals surface area contributed by atoms with Gasteiger partial charge in [0, 0.05) is 6.54 Å². The maximum atomic E-state index is 12.9. The molecule has 1 aromatic carbocycles. The second-order valence-corrected chi connectivity index (χ2v) is 7.81. The Labute approximate surface area is 173 Å². The summed E-state index contributed by atoms with van der Waals surface area (Å²) in [5.41, 5.74) is 1.88. The number of rotatable bonds is 8. The Hall–Kier alpha value is -2.53. The van der Waals surface area contributed by atoms with Gasteiger partial charge in [0.05, 0.1) is 25.4 Å². The quantitative estimate of drug-likeness (QED) is 0.610. The topological polar surface area (TPSA) is 51.9 Å². The monoisotopic (exact) mass is 397 g/mol. The van der Waals surface area contributed by atoms with Gasteiger partial charge < -0.3 is 13.9 Å². The van der Waals surface area contributed by atoms with Crippen molar-refractivity contribution >= 4 is 12.0 Å². The normalized spacial score (nSPS) is 17.1. The number of piperidine rings is 1. The van der Waals surface area contributed by atoms with Crippen LogP contribution in [0.5, 0.6) is 5.75 Å². The average molecular weight is 398 g/mol. The van der Waals surface area contributed by atoms with E-state index in [1.54, 1.807) is 13.4 Å². The first-order valence-corrected chi connectivity index (χ1v) is 10.3. The molecule has 0 N–H and O–H groups in total. The van der Waals surface area contributed by atoms with Crippen LogP contribution >= 0.6 is 0 Å². The first-order chi connectivity index (χ1) is 14.0. The van der Waals surface area contributed by atoms with E-state index in [2.05, 4.69) is 24.0 Å². The van der Waals surface area contributed by atoms with E-state index in [1.807, 2.05) is 37.3 Å². The minimum absolute atomic E-state index is 0.0784. The zero-order valence-electron chi connectivity index (χ0n) is 17.6. The number of ether oxygens (including phenoxy) is 2. The third-order valence-electron chi connectivity index (χ3n) is 5.60. The van der Waals surface area contributed by atoms with Crippen LogP contribution in [0.1, 0.15) is 38.0 Å². The van der Waals surface area contributed by atoms with Gasteiger partial charge >= 0.3 is 5.97 Å². The fraction of sp³-hybridized carbons (Fsp3) is 0.458. The molecule has 0 unspecified atom stereocenters. The Kier molecular flexibility index (Phi) is 7.15. The fourth-order valence-corrected chi connectivity index (χ4v) is 4.06. The van der Waals surface area contributed by atoms with E-state index in [0.29, 0.717) is 13.0 Å². The highest BCUT2D eigenvalue weighted by Gasteiger charge is 2.42. The number of hydrogen-bond donors (Lipinski definition) is 0. The van der Waals surface area contributed by atoms with Crippen LogP contribution in [0.15, 0.2) is 52.7 Å². The summed E-state index contributed by atoms with van der Waals surface area (Å²) in [4.78, 5) is 15.3. The van der Waals surface area contributed by atoms with E-state index in [0.717, 1.165) is 49.5 Å². The lowest BCUT2D eigenvalue weighted by molar-refractivity contribution is -0.158. The number of likely N-dealkylation sites (tertiary alicyclic amines) is 1. The number of carbonyl (C=O) groups is 1. The van der Waals surface area contributed by atoms with Crippen molar-refractivity contribution in [2.75, 3.05) is 33.4 Å². The maximum absolute atomic E-state index is 12.9. The number of esters is 1. The lowest BCUT2D eigenvalue weighted by atomic mass is 9.73. The van der Waals surface area contributed by atoms with Crippen molar-refractivity contribution in [2.24, 2.45) is 5.41 Å². The van der Waals surface area contributed by atoms with Crippen LogP contribution in [-0.2, 0) is 16.0 Å². The molecule has 0 amide bonds. The van der Waals surface area contributed by atoms with Crippen LogP contribution in [0, 0.1) is 5.41 Å². The van der Waals surface area contributed by atoms with Crippen molar-refractivity contribution in [3.8, 4) is 5.75 Å². The van der Waals surface area contributed by atoms with Crippen LogP contribution in [0.25, 0.3) is 6.08 Å². The number of hydrogen-bond acceptors (Lipinski definition) is 5. The summed E-state index contributed by atoms with van der Waals surface area (Å²) in [6.45, 7) is 7.01. The second kappa shape index (κ2) is 9.79. The first kappa shape index (κ1) is 21.2. The summed E-state index contributed by atoms with van der Waals surface area (Å²) in [7, 11) is 1.66. The van der Waals surface area contributed by atoms with Gasteiger partial charge in [-0.25, -0.2) is 0 Å². The Morgan fingerprint density at radius 1 is 1.24 bits per heavy atom. The molecule has 3 rings (SSSR count). The van der Waals surface area contributed by atoms with Crippen molar-refractivity contribution in [3.63, 3.8) is 0 Å². The molecule has 156 valence electrons. The van der Waals surface area contributed by atoms with E-state index in [1.165, 1.54) is 5.57 Å². The average Bonchev–Trinajstić information content (AvgIpc) is 3.23. The van der Waals surface area contributed by atoms with Crippen molar-refractivity contribution in [3.05, 3.63) is 59.6 Å². The Balaban J connectivity index is 1.68. The molecule has 29 heavy (non-hydrogen) atoms. The highest BCUT2D eigenvalue weighted by molar-refractivity contribution is 5.77. The number of benzene rings is 1. The number of nitrogens with zero attached hydrogens (tertiary/aromatic N) is 1. The van der Waals surface area contributed by atoms with Crippen molar-refractivity contribution in [1.29, 1.82) is 0 Å². The first-order valence-electron chi connectivity index (χ1n) is 10.3. The molecule has 5 heteroatoms. The molecule has 0 saturated carbocycles. The molecule has 0 radical (unpaired) electrons. The summed E-state index contributed by atoms with van der Waals surface area (Å²) >= 11 is 0. The van der Waals surface area contributed by atoms with Crippen LogP contribution in [0.3, 0.4) is 0 Å². The summed E-state index contributed by atoms with van der Waals surface area (Å²) in [5.74, 6) is 1.61. The van der Waals surface area contributed by atoms with Crippen LogP contribution in [-0.4, -0.2) is 44.2 Å². The van der Waals surface area contributed by atoms with Crippen molar-refractivity contribution in [2.45, 2.75) is 33.1 Å². The molecule has 1 aromatic heterocycles. The molecule has 0 spiro atoms. The zero-order chi connectivity index (χ0) is 20.7. The molecule has 1 saturated heterocycles. The van der Waals surface area contributed by atoms with Gasteiger partial charge in [-0.2, -0.15) is 0 Å². The predicted molar refractivity (Wildman–Crippen MR) is 114 cm³/mol. The van der Waals surface area contributed by atoms with Crippen molar-refractivity contribution in [1.82, 2.24) is 4.90 Å². The van der Waals surface area contributed by atoms with Gasteiger partial charge in [-0.15, -0.1) is 0 Å². The summed E-state index contributed by atoms with van der Waals surface area (Å²) in [6.07, 6.45) is 6.02. The van der Waals surface area contributed by atoms with Gasteiger partial charge in [0.2, 0.25) is 0 Å². The number of methoxy groups -OCH3 is 1. The van der Waals surface area contributed by atoms with Crippen LogP contribution in [0.4, 0.5) is 0 Å². The molecular formula is C24H31NO4. The molecule has 0 aliphatic carbocycles. The highest BCUT2D eigenvalue weighted by atomic mass is 16.5. The Morgan fingerprint density at radius 2 is 2.03 bits per heavy atom. The van der Waals surface area contributed by atoms with E-state index in [-0.39, 0.29) is 5.97 Å². The molecule has 1 aliphatic heterocycles. The standard InChI is InChI=1S/C24H31NO4/c1-4-28-23(26)24(17-20-7-5-8-21(16-20)27-3)10-12-25(13-11-24)18-19(2)15-22-9-6-14-29-22/h5-9,14-16H,4,10-13,17-18H2,1-3H3/b19-15+. The minimum Gasteiger partial charge on any atom is -0.497 e. The van der Waals surface area contributed by atoms with Gasteiger partial charge in [0.15, 0.2) is 0 Å². The molecule has 0 bridgehead atoms. The summed E-state index contributed by atoms with van der Waals surface area (Å²) < 4.78 is 16.2. The molecule has 1 aliphatic rings. The van der Waals surface area contributed by atoms with Gasteiger partial charge in [-0.1, -0.05) is 17.7 Å². The van der Waals surface area contributed by atoms with Gasteiger partial charge in [-0.05, 0) is 82.1 Å². The highest BCUT2D eigenvalue weighted by Crippen LogP contribution is 2.37. The minimum atomic E-state index is -0.475. The Bertz CT molecular complexity index is 817. The zero-order valence-corrected chi connectivity index (χ0v) is 17.6. The van der Waals surface area contributed by atoms with E-state index < -0.39 is 5.41 Å². The second-order valence-electron chi connectivity index (χ2n) is 7.81. The van der Waals surface area contributed by atoms with Gasteiger partial charge in [-0.3, -0.25) is 9.69 Å². The molecule has 0 atom stereocenters. The molecule has 5 nitrogen and oxygen atoms in total. The van der Waals surface area contributed by atoms with E-state index >= 15 is 0 Å². The van der Waals surface area contributed by atoms with E-state index in [9.17, 15) is 4.79 Å². The van der Waals surface area contributed by atoms with E-state index in [4.69, 9.17) is 13.9 Å². The number of carbonyl (C=O) groups excluding carboxylic acids is 1.